The first-order chi connectivity index (χ1) is 15.0. The van der Waals surface area contributed by atoms with Crippen molar-refractivity contribution < 1.29 is 88.1 Å². The average molecular weight is 480 g/mol. The Labute approximate surface area is 178 Å². The Kier molecular flexibility index (Phi) is 9.78. The molecule has 0 aromatic rings. The molecule has 0 aromatic heterocycles. The number of carbonyl (C=O) groups is 10. The quantitative estimate of drug-likeness (QED) is 0.116. The van der Waals surface area contributed by atoms with Gasteiger partial charge in [-0.2, -0.15) is 0 Å². The molecule has 0 aromatic carbocycles. The zero-order valence-corrected chi connectivity index (χ0v) is 15.6. The topological polar surface area (TPSA) is 311 Å². The number of aliphatic carboxylic acids is 6. The number of rotatable bonds is 12. The van der Waals surface area contributed by atoms with Gasteiger partial charge in [-0.25, -0.2) is 0 Å². The number of carboxylic acids is 6. The van der Waals surface area contributed by atoms with Gasteiger partial charge in [0.05, 0.1) is 0 Å². The standard InChI is InChI=1S/C15H12O18/c16-2(32-14(30)6(12(26)27)4(8(18)19)9(20)21)1-3(17)33-15(31)7(13(28)29)5(10(22)23)11(24)25/h4-7H,1H2,(H,18,19)(H,20,21)(H,22,23)(H,24,25)(H,26,27)(H,28,29). The Morgan fingerprint density at radius 3 is 0.818 bits per heavy atom. The van der Waals surface area contributed by atoms with Crippen molar-refractivity contribution in [3.63, 3.8) is 0 Å². The summed E-state index contributed by atoms with van der Waals surface area (Å²) in [5, 5.41) is 52.6. The minimum Gasteiger partial charge on any atom is -0.481 e. The lowest BCUT2D eigenvalue weighted by Gasteiger charge is -2.15. The molecule has 0 amide bonds. The second kappa shape index (κ2) is 11.5. The van der Waals surface area contributed by atoms with E-state index in [2.05, 4.69) is 9.47 Å². The predicted octanol–water partition coefficient (Wildman–Crippen LogP) is -3.51. The molecule has 0 radical (unpaired) electrons. The van der Waals surface area contributed by atoms with Crippen molar-refractivity contribution >= 4 is 59.7 Å². The highest BCUT2D eigenvalue weighted by molar-refractivity contribution is 6.11. The second-order valence-corrected chi connectivity index (χ2v) is 5.70. The van der Waals surface area contributed by atoms with Crippen LogP contribution in [0.1, 0.15) is 6.42 Å². The van der Waals surface area contributed by atoms with E-state index in [4.69, 9.17) is 30.6 Å². The highest BCUT2D eigenvalue weighted by Crippen LogP contribution is 2.18. The molecule has 0 saturated heterocycles. The molecule has 2 unspecified atom stereocenters. The maximum Gasteiger partial charge on any atom is 0.329 e. The van der Waals surface area contributed by atoms with Crippen LogP contribution in [0.3, 0.4) is 0 Å². The van der Waals surface area contributed by atoms with Crippen molar-refractivity contribution in [2.75, 3.05) is 0 Å². The van der Waals surface area contributed by atoms with Crippen molar-refractivity contribution in [2.24, 2.45) is 23.7 Å². The second-order valence-electron chi connectivity index (χ2n) is 5.70. The molecule has 33 heavy (non-hydrogen) atoms. The third-order valence-corrected chi connectivity index (χ3v) is 3.49. The van der Waals surface area contributed by atoms with Gasteiger partial charge in [0.15, 0.2) is 23.7 Å². The highest BCUT2D eigenvalue weighted by atomic mass is 16.6. The molecule has 0 spiro atoms. The number of carboxylic acid groups (broad SMARTS) is 6. The first-order valence-electron chi connectivity index (χ1n) is 7.88. The summed E-state index contributed by atoms with van der Waals surface area (Å²) in [6.07, 6.45) is -1.74. The van der Waals surface area contributed by atoms with Crippen LogP contribution in [-0.2, 0) is 57.4 Å². The van der Waals surface area contributed by atoms with Crippen molar-refractivity contribution in [1.82, 2.24) is 0 Å². The Bertz CT molecular complexity index is 825. The summed E-state index contributed by atoms with van der Waals surface area (Å²) >= 11 is 0. The minimum atomic E-state index is -2.95. The molecule has 0 bridgehead atoms. The van der Waals surface area contributed by atoms with E-state index >= 15 is 0 Å². The normalized spacial score (nSPS) is 12.2. The molecule has 0 aliphatic carbocycles. The minimum absolute atomic E-state index is 1.74. The summed E-state index contributed by atoms with van der Waals surface area (Å²) in [7, 11) is 0. The van der Waals surface area contributed by atoms with Gasteiger partial charge in [0.25, 0.3) is 0 Å². The van der Waals surface area contributed by atoms with Gasteiger partial charge in [-0.15, -0.1) is 0 Å². The third kappa shape index (κ3) is 7.70. The Morgan fingerprint density at radius 1 is 0.424 bits per heavy atom. The predicted molar refractivity (Wildman–Crippen MR) is 86.6 cm³/mol. The van der Waals surface area contributed by atoms with E-state index in [0.29, 0.717) is 0 Å². The first-order valence-corrected chi connectivity index (χ1v) is 7.88. The van der Waals surface area contributed by atoms with Gasteiger partial charge in [-0.3, -0.25) is 47.9 Å². The van der Waals surface area contributed by atoms with Crippen LogP contribution in [0.5, 0.6) is 0 Å². The number of hydrogen-bond acceptors (Lipinski definition) is 12. The molecular weight excluding hydrogens is 468 g/mol. The summed E-state index contributed by atoms with van der Waals surface area (Å²) in [6.45, 7) is 0. The molecule has 0 fully saturated rings. The van der Waals surface area contributed by atoms with Crippen molar-refractivity contribution in [2.45, 2.75) is 6.42 Å². The number of hydrogen-bond donors (Lipinski definition) is 6. The molecular formula is C15H12O18. The fourth-order valence-corrected chi connectivity index (χ4v) is 2.08. The highest BCUT2D eigenvalue weighted by Gasteiger charge is 2.48. The van der Waals surface area contributed by atoms with Crippen LogP contribution < -0.4 is 0 Å². The third-order valence-electron chi connectivity index (χ3n) is 3.49. The van der Waals surface area contributed by atoms with Gasteiger partial charge in [0, 0.05) is 0 Å². The average Bonchev–Trinajstić information content (AvgIpc) is 2.60. The van der Waals surface area contributed by atoms with Gasteiger partial charge >= 0.3 is 59.7 Å². The van der Waals surface area contributed by atoms with Gasteiger partial charge in [0.2, 0.25) is 0 Å². The summed E-state index contributed by atoms with van der Waals surface area (Å²) in [6, 6.07) is 0. The molecule has 6 N–H and O–H groups in total. The monoisotopic (exact) mass is 480 g/mol. The molecule has 2 atom stereocenters. The SMILES string of the molecule is O=C(CC(=O)OC(=O)C(C(=O)O)C(C(=O)O)C(=O)O)OC(=O)C(C(=O)O)C(C(=O)O)C(=O)O. The number of ether oxygens (including phenoxy) is 2. The molecule has 18 nitrogen and oxygen atoms in total. The molecule has 0 aliphatic rings. The van der Waals surface area contributed by atoms with E-state index in [9.17, 15) is 47.9 Å². The van der Waals surface area contributed by atoms with Gasteiger partial charge in [0.1, 0.15) is 6.42 Å². The zero-order valence-electron chi connectivity index (χ0n) is 15.6. The summed E-state index contributed by atoms with van der Waals surface area (Å²) < 4.78 is 7.67. The summed E-state index contributed by atoms with van der Waals surface area (Å²) in [5.41, 5.74) is 0. The smallest absolute Gasteiger partial charge is 0.329 e. The molecule has 0 heterocycles. The van der Waals surface area contributed by atoms with Gasteiger partial charge in [-0.05, 0) is 0 Å². The van der Waals surface area contributed by atoms with Gasteiger partial charge in [-0.1, -0.05) is 0 Å². The maximum absolute atomic E-state index is 11.7. The molecule has 0 rings (SSSR count). The number of carbonyl (C=O) groups excluding carboxylic acids is 4. The van der Waals surface area contributed by atoms with Crippen LogP contribution in [0.4, 0.5) is 0 Å². The Morgan fingerprint density at radius 2 is 0.636 bits per heavy atom. The largest absolute Gasteiger partial charge is 0.481 e. The van der Waals surface area contributed by atoms with Crippen LogP contribution in [0, 0.1) is 23.7 Å². The summed E-state index contributed by atoms with van der Waals surface area (Å²) in [4.78, 5) is 112. The van der Waals surface area contributed by atoms with Gasteiger partial charge < -0.3 is 40.1 Å². The maximum atomic E-state index is 11.7. The number of esters is 4. The zero-order chi connectivity index (χ0) is 26.2. The van der Waals surface area contributed by atoms with Crippen LogP contribution in [0.25, 0.3) is 0 Å². The van der Waals surface area contributed by atoms with Crippen LogP contribution in [0.15, 0.2) is 0 Å². The van der Waals surface area contributed by atoms with Crippen LogP contribution in [-0.4, -0.2) is 90.3 Å². The first kappa shape index (κ1) is 28.1. The molecule has 18 heteroatoms. The molecule has 180 valence electrons. The van der Waals surface area contributed by atoms with E-state index in [1.165, 1.54) is 0 Å². The molecule has 0 aliphatic heterocycles. The van der Waals surface area contributed by atoms with E-state index in [1.54, 1.807) is 0 Å². The molecule has 0 saturated carbocycles. The lowest BCUT2D eigenvalue weighted by molar-refractivity contribution is -0.180. The fourth-order valence-electron chi connectivity index (χ4n) is 2.08. The Hall–Kier alpha value is -4.90. The van der Waals surface area contributed by atoms with Crippen molar-refractivity contribution in [3.05, 3.63) is 0 Å². The lowest BCUT2D eigenvalue weighted by Crippen LogP contribution is -2.43. The van der Waals surface area contributed by atoms with Crippen LogP contribution >= 0.6 is 0 Å². The summed E-state index contributed by atoms with van der Waals surface area (Å²) in [5.74, 6) is -34.1. The Balaban J connectivity index is 5.40. The fraction of sp³-hybridized carbons (Fsp3) is 0.333. The van der Waals surface area contributed by atoms with Crippen molar-refractivity contribution in [3.8, 4) is 0 Å². The lowest BCUT2D eigenvalue weighted by atomic mass is 9.92. The van der Waals surface area contributed by atoms with Crippen LogP contribution in [0.2, 0.25) is 0 Å². The van der Waals surface area contributed by atoms with E-state index < -0.39 is 89.8 Å². The van der Waals surface area contributed by atoms with E-state index in [1.807, 2.05) is 0 Å². The van der Waals surface area contributed by atoms with E-state index in [-0.39, 0.29) is 0 Å². The van der Waals surface area contributed by atoms with Crippen molar-refractivity contribution in [1.29, 1.82) is 0 Å². The van der Waals surface area contributed by atoms with E-state index in [0.717, 1.165) is 0 Å².